The number of rotatable bonds is 1. The van der Waals surface area contributed by atoms with Crippen molar-refractivity contribution >= 4 is 16.7 Å². The van der Waals surface area contributed by atoms with E-state index in [9.17, 15) is 0 Å². The van der Waals surface area contributed by atoms with Crippen molar-refractivity contribution in [1.82, 2.24) is 14.5 Å². The fraction of sp³-hybridized carbons (Fsp3) is 0.0714. The van der Waals surface area contributed by atoms with Gasteiger partial charge in [-0.2, -0.15) is 5.26 Å². The van der Waals surface area contributed by atoms with Crippen molar-refractivity contribution in [2.45, 2.75) is 0 Å². The maximum atomic E-state index is 9.09. The molecule has 0 amide bonds. The minimum absolute atomic E-state index is 0.412. The summed E-state index contributed by atoms with van der Waals surface area (Å²) in [6, 6.07) is 11.8. The summed E-state index contributed by atoms with van der Waals surface area (Å²) in [6.45, 7) is 0. The Bertz CT molecular complexity index is 796. The zero-order valence-corrected chi connectivity index (χ0v) is 10.3. The Labute approximate surface area is 109 Å². The molecule has 5 heteroatoms. The number of hydrogen-bond acceptors (Lipinski definition) is 4. The monoisotopic (exact) mass is 249 g/mol. The summed E-state index contributed by atoms with van der Waals surface area (Å²) >= 11 is 0. The number of hydrogen-bond donors (Lipinski definition) is 1. The number of fused-ring (bicyclic) bond motifs is 1. The summed E-state index contributed by atoms with van der Waals surface area (Å²) in [5, 5.41) is 9.79. The van der Waals surface area contributed by atoms with Crippen molar-refractivity contribution < 1.29 is 0 Å². The summed E-state index contributed by atoms with van der Waals surface area (Å²) in [6.07, 6.45) is 1.67. The third-order valence-corrected chi connectivity index (χ3v) is 3.10. The van der Waals surface area contributed by atoms with E-state index in [-0.39, 0.29) is 0 Å². The molecule has 0 saturated carbocycles. The van der Waals surface area contributed by atoms with Gasteiger partial charge in [0.15, 0.2) is 5.82 Å². The van der Waals surface area contributed by atoms with Gasteiger partial charge in [-0.05, 0) is 0 Å². The van der Waals surface area contributed by atoms with Gasteiger partial charge in [-0.3, -0.25) is 0 Å². The second kappa shape index (κ2) is 4.10. The van der Waals surface area contributed by atoms with Gasteiger partial charge < -0.3 is 10.3 Å². The van der Waals surface area contributed by atoms with Gasteiger partial charge in [0, 0.05) is 18.8 Å². The third-order valence-electron chi connectivity index (χ3n) is 3.10. The highest BCUT2D eigenvalue weighted by atomic mass is 15.1. The average Bonchev–Trinajstić information content (AvgIpc) is 2.71. The van der Waals surface area contributed by atoms with Crippen LogP contribution in [-0.2, 0) is 7.05 Å². The SMILES string of the molecule is Cn1c(C#N)c(N)c2cnc(-c3ccccc3)nc21. The van der Waals surface area contributed by atoms with E-state index in [1.54, 1.807) is 17.8 Å². The number of aryl methyl sites for hydroxylation is 1. The maximum absolute atomic E-state index is 9.09. The lowest BCUT2D eigenvalue weighted by Gasteiger charge is -2.01. The van der Waals surface area contributed by atoms with Gasteiger partial charge >= 0.3 is 0 Å². The minimum atomic E-state index is 0.412. The van der Waals surface area contributed by atoms with Crippen molar-refractivity contribution in [2.24, 2.45) is 7.05 Å². The predicted octanol–water partition coefficient (Wildman–Crippen LogP) is 2.09. The first-order chi connectivity index (χ1) is 9.22. The highest BCUT2D eigenvalue weighted by Crippen LogP contribution is 2.26. The molecule has 2 heterocycles. The normalized spacial score (nSPS) is 10.5. The van der Waals surface area contributed by atoms with E-state index >= 15 is 0 Å². The van der Waals surface area contributed by atoms with Crippen LogP contribution in [0.15, 0.2) is 36.5 Å². The van der Waals surface area contributed by atoms with E-state index in [4.69, 9.17) is 11.0 Å². The van der Waals surface area contributed by atoms with E-state index in [2.05, 4.69) is 16.0 Å². The van der Waals surface area contributed by atoms with Gasteiger partial charge in [-0.25, -0.2) is 9.97 Å². The highest BCUT2D eigenvalue weighted by molar-refractivity contribution is 5.93. The van der Waals surface area contributed by atoms with Crippen LogP contribution in [0.4, 0.5) is 5.69 Å². The lowest BCUT2D eigenvalue weighted by Crippen LogP contribution is -1.96. The van der Waals surface area contributed by atoms with Gasteiger partial charge in [0.05, 0.1) is 11.1 Å². The number of anilines is 1. The van der Waals surface area contributed by atoms with Crippen LogP contribution >= 0.6 is 0 Å². The zero-order valence-electron chi connectivity index (χ0n) is 10.3. The second-order valence-electron chi connectivity index (χ2n) is 4.23. The molecule has 2 aromatic heterocycles. The number of nitrogens with zero attached hydrogens (tertiary/aromatic N) is 4. The van der Waals surface area contributed by atoms with E-state index in [0.29, 0.717) is 28.2 Å². The second-order valence-corrected chi connectivity index (χ2v) is 4.23. The van der Waals surface area contributed by atoms with Crippen molar-refractivity contribution in [1.29, 1.82) is 5.26 Å². The number of benzene rings is 1. The first-order valence-electron chi connectivity index (χ1n) is 5.79. The third kappa shape index (κ3) is 1.62. The topological polar surface area (TPSA) is 80.5 Å². The average molecular weight is 249 g/mol. The molecule has 0 bridgehead atoms. The van der Waals surface area contributed by atoms with Crippen molar-refractivity contribution in [3.05, 3.63) is 42.2 Å². The Hall–Kier alpha value is -2.87. The van der Waals surface area contributed by atoms with Gasteiger partial charge in [-0.1, -0.05) is 30.3 Å². The summed E-state index contributed by atoms with van der Waals surface area (Å²) in [7, 11) is 1.78. The quantitative estimate of drug-likeness (QED) is 0.716. The van der Waals surface area contributed by atoms with E-state index in [1.165, 1.54) is 0 Å². The van der Waals surface area contributed by atoms with E-state index < -0.39 is 0 Å². The highest BCUT2D eigenvalue weighted by Gasteiger charge is 2.14. The zero-order chi connectivity index (χ0) is 13.4. The van der Waals surface area contributed by atoms with Crippen molar-refractivity contribution in [3.63, 3.8) is 0 Å². The Morgan fingerprint density at radius 2 is 2.00 bits per heavy atom. The maximum Gasteiger partial charge on any atom is 0.161 e. The van der Waals surface area contributed by atoms with E-state index in [1.807, 2.05) is 30.3 Å². The molecule has 92 valence electrons. The van der Waals surface area contributed by atoms with E-state index in [0.717, 1.165) is 5.56 Å². The number of nitriles is 1. The van der Waals surface area contributed by atoms with Crippen LogP contribution in [0.5, 0.6) is 0 Å². The lowest BCUT2D eigenvalue weighted by molar-refractivity contribution is 0.927. The van der Waals surface area contributed by atoms with Crippen molar-refractivity contribution in [2.75, 3.05) is 5.73 Å². The lowest BCUT2D eigenvalue weighted by atomic mass is 10.2. The van der Waals surface area contributed by atoms with Crippen LogP contribution in [0.2, 0.25) is 0 Å². The van der Waals surface area contributed by atoms with Gasteiger partial charge in [-0.15, -0.1) is 0 Å². The number of nitrogen functional groups attached to an aromatic ring is 1. The number of nitrogens with two attached hydrogens (primary N) is 1. The summed E-state index contributed by atoms with van der Waals surface area (Å²) in [5.41, 5.74) is 8.36. The molecule has 0 aliphatic heterocycles. The molecule has 19 heavy (non-hydrogen) atoms. The van der Waals surface area contributed by atoms with Crippen LogP contribution in [0, 0.1) is 11.3 Å². The molecule has 0 fully saturated rings. The Kier molecular flexibility index (Phi) is 2.43. The molecule has 0 atom stereocenters. The van der Waals surface area contributed by atoms with Crippen LogP contribution < -0.4 is 5.73 Å². The Balaban J connectivity index is 2.28. The largest absolute Gasteiger partial charge is 0.396 e. The molecule has 0 unspecified atom stereocenters. The summed E-state index contributed by atoms with van der Waals surface area (Å²) in [4.78, 5) is 8.81. The molecule has 3 aromatic rings. The van der Waals surface area contributed by atoms with Gasteiger partial charge in [0.25, 0.3) is 0 Å². The predicted molar refractivity (Wildman–Crippen MR) is 73.1 cm³/mol. The fourth-order valence-corrected chi connectivity index (χ4v) is 2.09. The minimum Gasteiger partial charge on any atom is -0.396 e. The molecular weight excluding hydrogens is 238 g/mol. The van der Waals surface area contributed by atoms with Crippen LogP contribution in [0.25, 0.3) is 22.4 Å². The Morgan fingerprint density at radius 3 is 2.68 bits per heavy atom. The fourth-order valence-electron chi connectivity index (χ4n) is 2.09. The van der Waals surface area contributed by atoms with Gasteiger partial charge in [0.1, 0.15) is 17.4 Å². The first-order valence-corrected chi connectivity index (χ1v) is 5.79. The number of aromatic nitrogens is 3. The van der Waals surface area contributed by atoms with Crippen molar-refractivity contribution in [3.8, 4) is 17.5 Å². The molecule has 0 aliphatic rings. The molecule has 3 rings (SSSR count). The Morgan fingerprint density at radius 1 is 1.26 bits per heavy atom. The molecule has 2 N–H and O–H groups in total. The van der Waals surface area contributed by atoms with Gasteiger partial charge in [0.2, 0.25) is 0 Å². The molecule has 0 radical (unpaired) electrons. The van der Waals surface area contributed by atoms with Crippen LogP contribution in [0.3, 0.4) is 0 Å². The molecule has 0 aliphatic carbocycles. The van der Waals surface area contributed by atoms with Crippen LogP contribution in [-0.4, -0.2) is 14.5 Å². The molecule has 1 aromatic carbocycles. The molecule has 0 saturated heterocycles. The molecule has 5 nitrogen and oxygen atoms in total. The summed E-state index contributed by atoms with van der Waals surface area (Å²) < 4.78 is 1.69. The molecular formula is C14H11N5. The standard InChI is InChI=1S/C14H11N5/c1-19-11(7-15)12(16)10-8-17-13(18-14(10)19)9-5-3-2-4-6-9/h2-6,8H,16H2,1H3. The van der Waals surface area contributed by atoms with Crippen LogP contribution in [0.1, 0.15) is 5.69 Å². The first kappa shape index (κ1) is 11.2. The summed E-state index contributed by atoms with van der Waals surface area (Å²) in [5.74, 6) is 0.623. The smallest absolute Gasteiger partial charge is 0.161 e. The molecule has 0 spiro atoms.